The van der Waals surface area contributed by atoms with E-state index in [1.54, 1.807) is 24.8 Å². The number of aromatic nitrogens is 6. The Kier molecular flexibility index (Phi) is 8.38. The molecule has 0 aliphatic rings. The van der Waals surface area contributed by atoms with Crippen LogP contribution in [0.2, 0.25) is 0 Å². The Morgan fingerprint density at radius 1 is 0.242 bits per heavy atom. The Balaban J connectivity index is 1.02. The zero-order chi connectivity index (χ0) is 41.0. The van der Waals surface area contributed by atoms with Gasteiger partial charge in [0.05, 0.1) is 22.1 Å². The minimum absolute atomic E-state index is 0.645. The molecular formula is C56H36N6. The molecular weight excluding hydrogens is 757 g/mol. The number of rotatable bonds is 7. The number of hydrogen-bond acceptors (Lipinski definition) is 4. The molecule has 8 aromatic carbocycles. The van der Waals surface area contributed by atoms with Crippen LogP contribution in [-0.4, -0.2) is 29.1 Å². The lowest BCUT2D eigenvalue weighted by Gasteiger charge is -2.14. The molecule has 0 N–H and O–H groups in total. The first-order valence-electron chi connectivity index (χ1n) is 20.8. The van der Waals surface area contributed by atoms with Crippen molar-refractivity contribution in [2.45, 2.75) is 0 Å². The summed E-state index contributed by atoms with van der Waals surface area (Å²) >= 11 is 0. The van der Waals surface area contributed by atoms with Crippen molar-refractivity contribution in [3.05, 3.63) is 219 Å². The van der Waals surface area contributed by atoms with Crippen LogP contribution in [0.15, 0.2) is 219 Å². The number of para-hydroxylation sites is 2. The summed E-state index contributed by atoms with van der Waals surface area (Å²) in [5, 5.41) is 4.77. The van der Waals surface area contributed by atoms with Crippen molar-refractivity contribution >= 4 is 43.6 Å². The summed E-state index contributed by atoms with van der Waals surface area (Å²) in [5.41, 5.74) is 15.5. The fourth-order valence-electron chi connectivity index (χ4n) is 9.09. The average molecular weight is 793 g/mol. The van der Waals surface area contributed by atoms with Gasteiger partial charge in [0.2, 0.25) is 0 Å². The van der Waals surface area contributed by atoms with Crippen molar-refractivity contribution in [3.63, 3.8) is 0 Å². The van der Waals surface area contributed by atoms with Gasteiger partial charge in [0.1, 0.15) is 0 Å². The summed E-state index contributed by atoms with van der Waals surface area (Å²) in [5.74, 6) is 1.29. The molecule has 0 saturated heterocycles. The molecule has 6 heteroatoms. The molecule has 4 heterocycles. The molecule has 12 rings (SSSR count). The quantitative estimate of drug-likeness (QED) is 0.161. The Morgan fingerprint density at radius 2 is 0.613 bits per heavy atom. The van der Waals surface area contributed by atoms with E-state index in [-0.39, 0.29) is 0 Å². The van der Waals surface area contributed by atoms with E-state index >= 15 is 0 Å². The van der Waals surface area contributed by atoms with Crippen LogP contribution in [0.4, 0.5) is 0 Å². The first-order valence-corrected chi connectivity index (χ1v) is 20.8. The summed E-state index contributed by atoms with van der Waals surface area (Å²) in [6.07, 6.45) is 7.10. The van der Waals surface area contributed by atoms with Crippen molar-refractivity contribution in [1.82, 2.24) is 29.1 Å². The second-order valence-corrected chi connectivity index (χ2v) is 15.6. The first-order chi connectivity index (χ1) is 30.7. The topological polar surface area (TPSA) is 61.4 Å². The van der Waals surface area contributed by atoms with Gasteiger partial charge in [-0.3, -0.25) is 0 Å². The Morgan fingerprint density at radius 3 is 1.06 bits per heavy atom. The summed E-state index contributed by atoms with van der Waals surface area (Å²) in [4.78, 5) is 18.4. The summed E-state index contributed by atoms with van der Waals surface area (Å²) in [6.45, 7) is 0. The average Bonchev–Trinajstić information content (AvgIpc) is 3.87. The van der Waals surface area contributed by atoms with Gasteiger partial charge in [0.15, 0.2) is 11.6 Å². The molecule has 0 fully saturated rings. The fraction of sp³-hybridized carbons (Fsp3) is 0. The van der Waals surface area contributed by atoms with Crippen LogP contribution in [0.5, 0.6) is 0 Å². The van der Waals surface area contributed by atoms with Crippen LogP contribution in [0, 0.1) is 0 Å². The molecule has 12 aromatic rings. The Hall–Kier alpha value is -8.48. The zero-order valence-corrected chi connectivity index (χ0v) is 33.5. The molecule has 290 valence electrons. The monoisotopic (exact) mass is 792 g/mol. The Labute approximate surface area is 357 Å². The van der Waals surface area contributed by atoms with E-state index in [4.69, 9.17) is 0 Å². The lowest BCUT2D eigenvalue weighted by Crippen LogP contribution is -1.98. The van der Waals surface area contributed by atoms with Gasteiger partial charge < -0.3 is 9.13 Å². The van der Waals surface area contributed by atoms with Crippen molar-refractivity contribution < 1.29 is 0 Å². The predicted molar refractivity (Wildman–Crippen MR) is 253 cm³/mol. The lowest BCUT2D eigenvalue weighted by molar-refractivity contribution is 1.14. The molecule has 0 amide bonds. The van der Waals surface area contributed by atoms with Crippen molar-refractivity contribution in [1.29, 1.82) is 0 Å². The van der Waals surface area contributed by atoms with Crippen LogP contribution in [-0.2, 0) is 0 Å². The van der Waals surface area contributed by atoms with Crippen LogP contribution in [0.1, 0.15) is 0 Å². The standard InChI is InChI=1S/C56H36N6/c1-3-13-37(14-4-1)41-29-42(38-15-5-2-6-16-38)32-45(31-41)61-51-19-9-7-17-47(51)49-35-39(21-23-53(49)61)40-22-24-54-50(36-40)48-18-8-10-20-52(48)62(54)46-33-43(55-57-25-11-26-58-55)30-44(34-46)56-59-27-12-28-60-56/h1-36H. The highest BCUT2D eigenvalue weighted by Gasteiger charge is 2.19. The van der Waals surface area contributed by atoms with Crippen LogP contribution in [0.3, 0.4) is 0 Å². The van der Waals surface area contributed by atoms with Gasteiger partial charge in [0, 0.05) is 68.8 Å². The number of hydrogen-bond donors (Lipinski definition) is 0. The van der Waals surface area contributed by atoms with Gasteiger partial charge in [-0.25, -0.2) is 19.9 Å². The van der Waals surface area contributed by atoms with Gasteiger partial charge in [0.25, 0.3) is 0 Å². The predicted octanol–water partition coefficient (Wildman–Crippen LogP) is 13.8. The molecule has 0 saturated carbocycles. The van der Waals surface area contributed by atoms with E-state index in [0.717, 1.165) is 50.2 Å². The number of nitrogens with zero attached hydrogens (tertiary/aromatic N) is 6. The van der Waals surface area contributed by atoms with E-state index in [2.05, 4.69) is 211 Å². The second kappa shape index (κ2) is 14.7. The number of benzene rings is 8. The minimum Gasteiger partial charge on any atom is -0.309 e. The molecule has 0 radical (unpaired) electrons. The van der Waals surface area contributed by atoms with Crippen LogP contribution >= 0.6 is 0 Å². The normalized spacial score (nSPS) is 11.5. The molecule has 0 aliphatic heterocycles. The third-order valence-electron chi connectivity index (χ3n) is 11.9. The zero-order valence-electron chi connectivity index (χ0n) is 33.5. The van der Waals surface area contributed by atoms with E-state index in [9.17, 15) is 0 Å². The maximum atomic E-state index is 4.61. The summed E-state index contributed by atoms with van der Waals surface area (Å²) < 4.78 is 4.75. The van der Waals surface area contributed by atoms with E-state index in [1.807, 2.05) is 12.1 Å². The summed E-state index contributed by atoms with van der Waals surface area (Å²) in [6, 6.07) is 69.5. The fourth-order valence-corrected chi connectivity index (χ4v) is 9.09. The van der Waals surface area contributed by atoms with Crippen molar-refractivity contribution in [3.8, 4) is 67.5 Å². The largest absolute Gasteiger partial charge is 0.309 e. The van der Waals surface area contributed by atoms with Gasteiger partial charge in [-0.1, -0.05) is 109 Å². The van der Waals surface area contributed by atoms with Gasteiger partial charge in [-0.05, 0) is 118 Å². The third kappa shape index (κ3) is 6.04. The maximum Gasteiger partial charge on any atom is 0.159 e. The van der Waals surface area contributed by atoms with Crippen molar-refractivity contribution in [2.24, 2.45) is 0 Å². The highest BCUT2D eigenvalue weighted by atomic mass is 15.0. The highest BCUT2D eigenvalue weighted by Crippen LogP contribution is 2.40. The minimum atomic E-state index is 0.645. The molecule has 0 spiro atoms. The van der Waals surface area contributed by atoms with E-state index in [0.29, 0.717) is 11.6 Å². The second-order valence-electron chi connectivity index (χ2n) is 15.6. The van der Waals surface area contributed by atoms with Crippen LogP contribution in [0.25, 0.3) is 111 Å². The van der Waals surface area contributed by atoms with Gasteiger partial charge in [-0.15, -0.1) is 0 Å². The van der Waals surface area contributed by atoms with Gasteiger partial charge in [-0.2, -0.15) is 0 Å². The molecule has 0 bridgehead atoms. The molecule has 0 aliphatic carbocycles. The van der Waals surface area contributed by atoms with Gasteiger partial charge >= 0.3 is 0 Å². The van der Waals surface area contributed by atoms with E-state index < -0.39 is 0 Å². The third-order valence-corrected chi connectivity index (χ3v) is 11.9. The smallest absolute Gasteiger partial charge is 0.159 e. The molecule has 0 unspecified atom stereocenters. The molecule has 62 heavy (non-hydrogen) atoms. The molecule has 0 atom stereocenters. The molecule has 6 nitrogen and oxygen atoms in total. The van der Waals surface area contributed by atoms with Crippen LogP contribution < -0.4 is 0 Å². The number of fused-ring (bicyclic) bond motifs is 6. The highest BCUT2D eigenvalue weighted by molar-refractivity contribution is 6.13. The lowest BCUT2D eigenvalue weighted by atomic mass is 9.98. The maximum absolute atomic E-state index is 4.61. The summed E-state index contributed by atoms with van der Waals surface area (Å²) in [7, 11) is 0. The SMILES string of the molecule is c1ccc(-c2cc(-c3ccccc3)cc(-n3c4ccccc4c4cc(-c5ccc6c(c5)c5ccccc5n6-c5cc(-c6ncccn6)cc(-c6ncccn6)c5)ccc43)c2)cc1. The van der Waals surface area contributed by atoms with E-state index in [1.165, 1.54) is 49.3 Å². The van der Waals surface area contributed by atoms with Crippen molar-refractivity contribution in [2.75, 3.05) is 0 Å². The Bertz CT molecular complexity index is 3260. The molecule has 4 aromatic heterocycles. The first kappa shape index (κ1) is 35.5.